The van der Waals surface area contributed by atoms with Crippen LogP contribution in [0.3, 0.4) is 0 Å². The molecule has 0 atom stereocenters. The molecule has 1 amide bonds. The maximum absolute atomic E-state index is 12.7. The van der Waals surface area contributed by atoms with E-state index >= 15 is 0 Å². The zero-order chi connectivity index (χ0) is 20.2. The van der Waals surface area contributed by atoms with Crippen LogP contribution in [-0.4, -0.2) is 39.0 Å². The number of pyridine rings is 1. The fourth-order valence-electron chi connectivity index (χ4n) is 3.32. The highest BCUT2D eigenvalue weighted by Crippen LogP contribution is 2.30. The largest absolute Gasteiger partial charge is 0.437 e. The number of carbonyl (C=O) groups excluding carboxylic acids is 1. The molecular formula is C21H26Cl2N6O2. The number of amides is 1. The molecule has 0 aliphatic carbocycles. The van der Waals surface area contributed by atoms with Gasteiger partial charge in [-0.25, -0.2) is 9.67 Å². The van der Waals surface area contributed by atoms with Crippen LogP contribution in [0, 0.1) is 13.8 Å². The Balaban J connectivity index is 0.00000171. The van der Waals surface area contributed by atoms with Gasteiger partial charge in [0.05, 0.1) is 12.2 Å². The molecule has 166 valence electrons. The van der Waals surface area contributed by atoms with Gasteiger partial charge >= 0.3 is 0 Å². The molecule has 0 bridgehead atoms. The second kappa shape index (κ2) is 11.1. The molecule has 1 fully saturated rings. The fraction of sp³-hybridized carbons (Fsp3) is 0.333. The van der Waals surface area contributed by atoms with E-state index in [9.17, 15) is 4.79 Å². The number of halogens is 2. The molecule has 3 aromatic rings. The first-order valence-corrected chi connectivity index (χ1v) is 9.75. The molecule has 2 aromatic heterocycles. The predicted octanol–water partition coefficient (Wildman–Crippen LogP) is 4.10. The van der Waals surface area contributed by atoms with E-state index in [-0.39, 0.29) is 42.5 Å². The molecule has 4 rings (SSSR count). The van der Waals surface area contributed by atoms with E-state index < -0.39 is 0 Å². The van der Waals surface area contributed by atoms with Crippen molar-refractivity contribution >= 4 is 36.4 Å². The summed E-state index contributed by atoms with van der Waals surface area (Å²) in [7, 11) is 0. The van der Waals surface area contributed by atoms with Crippen LogP contribution in [-0.2, 0) is 0 Å². The third kappa shape index (κ3) is 5.72. The number of nitrogens with one attached hydrogen (secondary N) is 2. The van der Waals surface area contributed by atoms with Gasteiger partial charge in [0.1, 0.15) is 11.4 Å². The first kappa shape index (κ1) is 24.6. The van der Waals surface area contributed by atoms with E-state index in [0.29, 0.717) is 17.3 Å². The summed E-state index contributed by atoms with van der Waals surface area (Å²) in [5.41, 5.74) is 2.90. The first-order chi connectivity index (χ1) is 14.1. The number of hydrogen-bond acceptors (Lipinski definition) is 6. The van der Waals surface area contributed by atoms with E-state index in [0.717, 1.165) is 37.1 Å². The van der Waals surface area contributed by atoms with Crippen LogP contribution in [0.4, 0.5) is 5.69 Å². The number of aromatic nitrogens is 4. The highest BCUT2D eigenvalue weighted by Gasteiger charge is 2.20. The van der Waals surface area contributed by atoms with E-state index in [1.165, 1.54) is 0 Å². The Morgan fingerprint density at radius 1 is 1.16 bits per heavy atom. The van der Waals surface area contributed by atoms with Crippen LogP contribution in [0.2, 0.25) is 0 Å². The number of anilines is 1. The highest BCUT2D eigenvalue weighted by molar-refractivity contribution is 6.03. The van der Waals surface area contributed by atoms with Gasteiger partial charge in [-0.15, -0.1) is 29.9 Å². The van der Waals surface area contributed by atoms with Gasteiger partial charge in [0.2, 0.25) is 5.88 Å². The Labute approximate surface area is 193 Å². The van der Waals surface area contributed by atoms with Crippen molar-refractivity contribution in [3.63, 3.8) is 0 Å². The van der Waals surface area contributed by atoms with Crippen LogP contribution >= 0.6 is 24.8 Å². The van der Waals surface area contributed by atoms with Crippen molar-refractivity contribution in [2.24, 2.45) is 0 Å². The van der Waals surface area contributed by atoms with E-state index in [2.05, 4.69) is 25.9 Å². The number of piperidine rings is 1. The molecule has 1 saturated heterocycles. The molecule has 10 heteroatoms. The average molecular weight is 465 g/mol. The quantitative estimate of drug-likeness (QED) is 0.589. The summed E-state index contributed by atoms with van der Waals surface area (Å²) in [4.78, 5) is 17.0. The van der Waals surface area contributed by atoms with Crippen molar-refractivity contribution in [3.8, 4) is 11.6 Å². The van der Waals surface area contributed by atoms with Crippen LogP contribution in [0.5, 0.6) is 11.6 Å². The van der Waals surface area contributed by atoms with Crippen molar-refractivity contribution in [2.75, 3.05) is 18.4 Å². The third-order valence-corrected chi connectivity index (χ3v) is 5.21. The number of rotatable bonds is 5. The lowest BCUT2D eigenvalue weighted by Crippen LogP contribution is -2.29. The molecule has 2 N–H and O–H groups in total. The lowest BCUT2D eigenvalue weighted by Gasteiger charge is -2.22. The molecule has 0 radical (unpaired) electrons. The summed E-state index contributed by atoms with van der Waals surface area (Å²) in [5, 5.41) is 14.4. The number of carbonyl (C=O) groups is 1. The van der Waals surface area contributed by atoms with Crippen LogP contribution < -0.4 is 15.4 Å². The van der Waals surface area contributed by atoms with Gasteiger partial charge in [-0.05, 0) is 69.1 Å². The average Bonchev–Trinajstić information content (AvgIpc) is 3.24. The normalized spacial score (nSPS) is 13.6. The van der Waals surface area contributed by atoms with Crippen molar-refractivity contribution < 1.29 is 9.53 Å². The molecule has 8 nitrogen and oxygen atoms in total. The molecule has 1 aliphatic heterocycles. The van der Waals surface area contributed by atoms with Crippen molar-refractivity contribution in [1.82, 2.24) is 25.3 Å². The molecule has 0 unspecified atom stereocenters. The van der Waals surface area contributed by atoms with Gasteiger partial charge < -0.3 is 15.4 Å². The van der Waals surface area contributed by atoms with Gasteiger partial charge in [-0.2, -0.15) is 0 Å². The SMILES string of the molecule is Cc1cccc(Oc2ncccc2NC(=O)c2cn(C3CCNCC3)nn2)c1C.Cl.Cl. The second-order valence-corrected chi connectivity index (χ2v) is 7.18. The summed E-state index contributed by atoms with van der Waals surface area (Å²) >= 11 is 0. The van der Waals surface area contributed by atoms with Gasteiger partial charge in [0, 0.05) is 6.20 Å². The smallest absolute Gasteiger partial charge is 0.277 e. The molecule has 0 saturated carbocycles. The fourth-order valence-corrected chi connectivity index (χ4v) is 3.32. The predicted molar refractivity (Wildman–Crippen MR) is 124 cm³/mol. The number of benzene rings is 1. The van der Waals surface area contributed by atoms with Crippen molar-refractivity contribution in [2.45, 2.75) is 32.7 Å². The number of nitrogens with zero attached hydrogens (tertiary/aromatic N) is 4. The van der Waals surface area contributed by atoms with Crippen molar-refractivity contribution in [3.05, 3.63) is 59.5 Å². The van der Waals surface area contributed by atoms with Gasteiger partial charge in [-0.1, -0.05) is 17.3 Å². The van der Waals surface area contributed by atoms with Gasteiger partial charge in [0.15, 0.2) is 5.69 Å². The van der Waals surface area contributed by atoms with Gasteiger partial charge in [0.25, 0.3) is 5.91 Å². The van der Waals surface area contributed by atoms with Crippen LogP contribution in [0.25, 0.3) is 0 Å². The summed E-state index contributed by atoms with van der Waals surface area (Å²) in [5.74, 6) is 0.695. The summed E-state index contributed by atoms with van der Waals surface area (Å²) < 4.78 is 7.77. The van der Waals surface area contributed by atoms with E-state index in [4.69, 9.17) is 4.74 Å². The second-order valence-electron chi connectivity index (χ2n) is 7.18. The van der Waals surface area contributed by atoms with Crippen molar-refractivity contribution in [1.29, 1.82) is 0 Å². The van der Waals surface area contributed by atoms with E-state index in [1.807, 2.05) is 32.0 Å². The number of hydrogen-bond donors (Lipinski definition) is 2. The standard InChI is InChI=1S/C21H24N6O2.2ClH/c1-14-5-3-7-19(15(14)2)29-21-17(6-4-10-23-21)24-20(28)18-13-27(26-25-18)16-8-11-22-12-9-16;;/h3-7,10,13,16,22H,8-9,11-12H2,1-2H3,(H,24,28);2*1H. The number of aryl methyl sites for hydroxylation is 1. The zero-order valence-electron chi connectivity index (χ0n) is 17.4. The first-order valence-electron chi connectivity index (χ1n) is 9.75. The minimum absolute atomic E-state index is 0. The van der Waals surface area contributed by atoms with Crippen LogP contribution in [0.1, 0.15) is 40.5 Å². The Hall–Kier alpha value is -2.68. The zero-order valence-corrected chi connectivity index (χ0v) is 19.0. The minimum atomic E-state index is -0.344. The molecule has 1 aromatic carbocycles. The molecule has 0 spiro atoms. The summed E-state index contributed by atoms with van der Waals surface area (Å²) in [6, 6.07) is 9.60. The Kier molecular flexibility index (Phi) is 8.79. The maximum Gasteiger partial charge on any atom is 0.277 e. The maximum atomic E-state index is 12.7. The topological polar surface area (TPSA) is 94.0 Å². The molecule has 1 aliphatic rings. The lowest BCUT2D eigenvalue weighted by atomic mass is 10.1. The monoisotopic (exact) mass is 464 g/mol. The lowest BCUT2D eigenvalue weighted by molar-refractivity contribution is 0.102. The molecule has 3 heterocycles. The molecular weight excluding hydrogens is 439 g/mol. The Morgan fingerprint density at radius 2 is 1.94 bits per heavy atom. The Morgan fingerprint density at radius 3 is 2.71 bits per heavy atom. The highest BCUT2D eigenvalue weighted by atomic mass is 35.5. The van der Waals surface area contributed by atoms with Crippen LogP contribution in [0.15, 0.2) is 42.7 Å². The third-order valence-electron chi connectivity index (χ3n) is 5.21. The minimum Gasteiger partial charge on any atom is -0.437 e. The van der Waals surface area contributed by atoms with Gasteiger partial charge in [-0.3, -0.25) is 4.79 Å². The summed E-state index contributed by atoms with van der Waals surface area (Å²) in [6.07, 6.45) is 5.28. The van der Waals surface area contributed by atoms with E-state index in [1.54, 1.807) is 29.2 Å². The summed E-state index contributed by atoms with van der Waals surface area (Å²) in [6.45, 7) is 5.90. The molecule has 31 heavy (non-hydrogen) atoms. The Bertz CT molecular complexity index is 1020. The number of ether oxygens (including phenoxy) is 1.